The second-order valence-corrected chi connectivity index (χ2v) is 8.33. The molecule has 0 aliphatic carbocycles. The van der Waals surface area contributed by atoms with Crippen LogP contribution in [0.3, 0.4) is 0 Å². The molecule has 2 fully saturated rings. The van der Waals surface area contributed by atoms with Crippen molar-refractivity contribution in [2.45, 2.75) is 38.6 Å². The minimum Gasteiger partial charge on any atom is -0.339 e. The number of hydrazine groups is 1. The van der Waals surface area contributed by atoms with Gasteiger partial charge in [0.25, 0.3) is 5.91 Å². The molecule has 0 aromatic heterocycles. The number of carbonyl (C=O) groups is 2. The number of hydrogen-bond acceptors (Lipinski definition) is 4. The molecule has 2 heterocycles. The lowest BCUT2D eigenvalue weighted by Gasteiger charge is -2.36. The Balaban J connectivity index is 1.38. The van der Waals surface area contributed by atoms with Gasteiger partial charge in [-0.25, -0.2) is 0 Å². The number of nitrogens with zero attached hydrogens (tertiary/aromatic N) is 1. The molecule has 5 heteroatoms. The lowest BCUT2D eigenvalue weighted by atomic mass is 9.80. The van der Waals surface area contributed by atoms with Gasteiger partial charge in [0.15, 0.2) is 5.78 Å². The van der Waals surface area contributed by atoms with Crippen molar-refractivity contribution < 1.29 is 9.59 Å². The molecule has 4 rings (SSSR count). The number of carbonyl (C=O) groups excluding carboxylic acids is 2. The maximum Gasteiger partial charge on any atom is 0.253 e. The first kappa shape index (κ1) is 19.8. The Morgan fingerprint density at radius 3 is 2.34 bits per heavy atom. The molecule has 0 radical (unpaired) electrons. The third-order valence-electron chi connectivity index (χ3n) is 6.37. The Morgan fingerprint density at radius 1 is 1.00 bits per heavy atom. The van der Waals surface area contributed by atoms with Crippen molar-refractivity contribution in [3.8, 4) is 0 Å². The van der Waals surface area contributed by atoms with E-state index in [1.807, 2.05) is 4.90 Å². The number of aryl methyl sites for hydroxylation is 1. The van der Waals surface area contributed by atoms with E-state index in [1.54, 1.807) is 24.3 Å². The predicted octanol–water partition coefficient (Wildman–Crippen LogP) is 3.31. The molecule has 1 amide bonds. The first-order valence-corrected chi connectivity index (χ1v) is 10.5. The fraction of sp³-hybridized carbons (Fsp3) is 0.417. The van der Waals surface area contributed by atoms with Gasteiger partial charge in [0, 0.05) is 42.7 Å². The van der Waals surface area contributed by atoms with Crippen LogP contribution in [0.2, 0.25) is 0 Å². The minimum absolute atomic E-state index is 0.0191. The van der Waals surface area contributed by atoms with Crippen LogP contribution in [0.4, 0.5) is 0 Å². The topological polar surface area (TPSA) is 61.4 Å². The van der Waals surface area contributed by atoms with E-state index in [2.05, 4.69) is 42.0 Å². The largest absolute Gasteiger partial charge is 0.339 e. The van der Waals surface area contributed by atoms with Crippen molar-refractivity contribution in [2.24, 2.45) is 5.92 Å². The highest BCUT2D eigenvalue weighted by atomic mass is 16.2. The van der Waals surface area contributed by atoms with E-state index in [0.717, 1.165) is 32.5 Å². The molecule has 2 saturated heterocycles. The van der Waals surface area contributed by atoms with E-state index in [1.165, 1.54) is 18.1 Å². The summed E-state index contributed by atoms with van der Waals surface area (Å²) in [5.74, 6) is 1.08. The van der Waals surface area contributed by atoms with Gasteiger partial charge in [-0.1, -0.05) is 42.0 Å². The molecular weight excluding hydrogens is 362 g/mol. The summed E-state index contributed by atoms with van der Waals surface area (Å²) < 4.78 is 0. The van der Waals surface area contributed by atoms with E-state index in [-0.39, 0.29) is 11.7 Å². The normalized spacial score (nSPS) is 22.6. The van der Waals surface area contributed by atoms with Crippen molar-refractivity contribution in [1.29, 1.82) is 0 Å². The van der Waals surface area contributed by atoms with Crippen LogP contribution in [0, 0.1) is 12.8 Å². The molecule has 29 heavy (non-hydrogen) atoms. The number of likely N-dealkylation sites (tertiary alicyclic amines) is 1. The quantitative estimate of drug-likeness (QED) is 0.785. The minimum atomic E-state index is 0.0191. The van der Waals surface area contributed by atoms with E-state index >= 15 is 0 Å². The summed E-state index contributed by atoms with van der Waals surface area (Å²) in [5.41, 5.74) is 10.8. The zero-order valence-electron chi connectivity index (χ0n) is 17.2. The van der Waals surface area contributed by atoms with Crippen molar-refractivity contribution in [2.75, 3.05) is 19.6 Å². The molecule has 2 unspecified atom stereocenters. The predicted molar refractivity (Wildman–Crippen MR) is 114 cm³/mol. The van der Waals surface area contributed by atoms with Gasteiger partial charge in [0.05, 0.1) is 0 Å². The molecule has 2 atom stereocenters. The average Bonchev–Trinajstić information content (AvgIpc) is 3.23. The smallest absolute Gasteiger partial charge is 0.253 e. The fourth-order valence-corrected chi connectivity index (χ4v) is 4.68. The van der Waals surface area contributed by atoms with Crippen LogP contribution in [0.15, 0.2) is 48.5 Å². The van der Waals surface area contributed by atoms with Crippen LogP contribution in [-0.2, 0) is 0 Å². The SMILES string of the molecule is CC(=O)c1ccc(C(=O)N2CCC(C3NNCC3c3cccc(C)c3)CC2)cc1. The maximum absolute atomic E-state index is 12.8. The monoisotopic (exact) mass is 391 g/mol. The molecule has 2 aromatic carbocycles. The van der Waals surface area contributed by atoms with Crippen LogP contribution in [0.5, 0.6) is 0 Å². The summed E-state index contributed by atoms with van der Waals surface area (Å²) in [4.78, 5) is 26.2. The maximum atomic E-state index is 12.8. The fourth-order valence-electron chi connectivity index (χ4n) is 4.68. The average molecular weight is 392 g/mol. The molecule has 2 aliphatic rings. The van der Waals surface area contributed by atoms with Gasteiger partial charge in [-0.05, 0) is 50.3 Å². The highest BCUT2D eigenvalue weighted by Crippen LogP contribution is 2.33. The number of benzene rings is 2. The van der Waals surface area contributed by atoms with E-state index in [4.69, 9.17) is 0 Å². The zero-order valence-corrected chi connectivity index (χ0v) is 17.2. The van der Waals surface area contributed by atoms with Crippen molar-refractivity contribution in [3.63, 3.8) is 0 Å². The first-order chi connectivity index (χ1) is 14.0. The van der Waals surface area contributed by atoms with Crippen LogP contribution in [0.25, 0.3) is 0 Å². The lowest BCUT2D eigenvalue weighted by molar-refractivity contribution is 0.0669. The van der Waals surface area contributed by atoms with Crippen molar-refractivity contribution in [1.82, 2.24) is 15.8 Å². The van der Waals surface area contributed by atoms with Gasteiger partial charge < -0.3 is 4.90 Å². The molecule has 2 aromatic rings. The number of Topliss-reactive ketones (excluding diaryl/α,β-unsaturated/α-hetero) is 1. The highest BCUT2D eigenvalue weighted by molar-refractivity contribution is 5.97. The standard InChI is InChI=1S/C24H29N3O2/c1-16-4-3-5-21(14-16)22-15-25-26-23(22)19-10-12-27(13-11-19)24(29)20-8-6-18(7-9-20)17(2)28/h3-9,14,19,22-23,25-26H,10-13,15H2,1-2H3. The van der Waals surface area contributed by atoms with Crippen LogP contribution >= 0.6 is 0 Å². The van der Waals surface area contributed by atoms with Crippen molar-refractivity contribution >= 4 is 11.7 Å². The number of nitrogens with one attached hydrogen (secondary N) is 2. The van der Waals surface area contributed by atoms with Gasteiger partial charge in [0.1, 0.15) is 0 Å². The molecule has 2 aliphatic heterocycles. The summed E-state index contributed by atoms with van der Waals surface area (Å²) in [6.45, 7) is 6.17. The Hall–Kier alpha value is -2.50. The third-order valence-corrected chi connectivity index (χ3v) is 6.37. The van der Waals surface area contributed by atoms with Crippen molar-refractivity contribution in [3.05, 3.63) is 70.8 Å². The number of hydrogen-bond donors (Lipinski definition) is 2. The van der Waals surface area contributed by atoms with Crippen LogP contribution < -0.4 is 10.9 Å². The summed E-state index contributed by atoms with van der Waals surface area (Å²) in [6, 6.07) is 16.2. The highest BCUT2D eigenvalue weighted by Gasteiger charge is 2.37. The molecular formula is C24H29N3O2. The van der Waals surface area contributed by atoms with Gasteiger partial charge in [-0.3, -0.25) is 20.4 Å². The number of piperidine rings is 1. The van der Waals surface area contributed by atoms with E-state index in [0.29, 0.717) is 29.0 Å². The molecule has 0 saturated carbocycles. The molecule has 0 bridgehead atoms. The second-order valence-electron chi connectivity index (χ2n) is 8.33. The Morgan fingerprint density at radius 2 is 1.69 bits per heavy atom. The van der Waals surface area contributed by atoms with E-state index in [9.17, 15) is 9.59 Å². The summed E-state index contributed by atoms with van der Waals surface area (Å²) in [5, 5.41) is 0. The second kappa shape index (κ2) is 8.47. The van der Waals surface area contributed by atoms with Gasteiger partial charge >= 0.3 is 0 Å². The molecule has 2 N–H and O–H groups in total. The summed E-state index contributed by atoms with van der Waals surface area (Å²) in [7, 11) is 0. The number of rotatable bonds is 4. The molecule has 152 valence electrons. The number of amides is 1. The number of ketones is 1. The third kappa shape index (κ3) is 4.26. The van der Waals surface area contributed by atoms with Crippen LogP contribution in [-0.4, -0.2) is 42.3 Å². The van der Waals surface area contributed by atoms with Gasteiger partial charge in [0.2, 0.25) is 0 Å². The van der Waals surface area contributed by atoms with Gasteiger partial charge in [-0.2, -0.15) is 0 Å². The zero-order chi connectivity index (χ0) is 20.4. The Kier molecular flexibility index (Phi) is 5.79. The van der Waals surface area contributed by atoms with Crippen LogP contribution in [0.1, 0.15) is 57.5 Å². The summed E-state index contributed by atoms with van der Waals surface area (Å²) >= 11 is 0. The molecule has 0 spiro atoms. The Labute approximate surface area is 172 Å². The molecule has 5 nitrogen and oxygen atoms in total. The summed E-state index contributed by atoms with van der Waals surface area (Å²) in [6.07, 6.45) is 2.00. The van der Waals surface area contributed by atoms with E-state index < -0.39 is 0 Å². The van der Waals surface area contributed by atoms with Gasteiger partial charge in [-0.15, -0.1) is 0 Å². The first-order valence-electron chi connectivity index (χ1n) is 10.5. The lowest BCUT2D eigenvalue weighted by Crippen LogP contribution is -2.45. The Bertz CT molecular complexity index is 885.